The van der Waals surface area contributed by atoms with Gasteiger partial charge in [-0.2, -0.15) is 0 Å². The van der Waals surface area contributed by atoms with E-state index in [0.29, 0.717) is 11.5 Å². The second-order valence-corrected chi connectivity index (χ2v) is 4.74. The maximum absolute atomic E-state index is 9.89. The lowest BCUT2D eigenvalue weighted by atomic mass is 10.2. The van der Waals surface area contributed by atoms with Crippen molar-refractivity contribution in [2.75, 3.05) is 18.0 Å². The largest absolute Gasteiger partial charge is 0.506 e. The summed E-state index contributed by atoms with van der Waals surface area (Å²) in [5.41, 5.74) is 2.53. The van der Waals surface area contributed by atoms with Crippen LogP contribution in [0, 0.1) is 6.92 Å². The van der Waals surface area contributed by atoms with Crippen molar-refractivity contribution in [3.63, 3.8) is 0 Å². The summed E-state index contributed by atoms with van der Waals surface area (Å²) in [6.07, 6.45) is 1.74. The van der Waals surface area contributed by atoms with Crippen molar-refractivity contribution in [3.8, 4) is 5.75 Å². The van der Waals surface area contributed by atoms with Gasteiger partial charge in [-0.25, -0.2) is 4.98 Å². The molecule has 0 aliphatic heterocycles. The molecule has 0 bridgehead atoms. The number of aryl methyl sites for hydroxylation is 1. The van der Waals surface area contributed by atoms with Crippen LogP contribution in [0.1, 0.15) is 19.4 Å². The van der Waals surface area contributed by atoms with Crippen LogP contribution in [0.2, 0.25) is 0 Å². The molecule has 5 nitrogen and oxygen atoms in total. The molecule has 0 amide bonds. The van der Waals surface area contributed by atoms with Crippen LogP contribution in [0.4, 0.5) is 17.2 Å². The first-order chi connectivity index (χ1) is 10.1. The van der Waals surface area contributed by atoms with Crippen LogP contribution >= 0.6 is 0 Å². The van der Waals surface area contributed by atoms with Gasteiger partial charge in [0.1, 0.15) is 11.4 Å². The van der Waals surface area contributed by atoms with Crippen molar-refractivity contribution < 1.29 is 5.11 Å². The van der Waals surface area contributed by atoms with E-state index in [0.717, 1.165) is 24.3 Å². The third-order valence-electron chi connectivity index (χ3n) is 3.24. The zero-order valence-electron chi connectivity index (χ0n) is 12.6. The Hall–Kier alpha value is -2.43. The Labute approximate surface area is 125 Å². The summed E-state index contributed by atoms with van der Waals surface area (Å²) in [5.74, 6) is 0.634. The van der Waals surface area contributed by atoms with Gasteiger partial charge in [-0.3, -0.25) is 0 Å². The standard InChI is InChI=1S/C16H20N4O/c1-4-20(5-2)13-7-8-15(21)14(10-13)18-19-16-9-6-12(3)11-17-16/h6-11,21H,4-5H2,1-3H3. The molecule has 0 aliphatic carbocycles. The summed E-state index contributed by atoms with van der Waals surface area (Å²) in [4.78, 5) is 6.34. The van der Waals surface area contributed by atoms with E-state index in [1.54, 1.807) is 18.3 Å². The van der Waals surface area contributed by atoms with Crippen LogP contribution in [0.5, 0.6) is 5.75 Å². The number of aromatic hydroxyl groups is 1. The summed E-state index contributed by atoms with van der Waals surface area (Å²) in [6, 6.07) is 9.08. The number of phenolic OH excluding ortho intramolecular Hbond substituents is 1. The zero-order chi connectivity index (χ0) is 15.2. The number of benzene rings is 1. The van der Waals surface area contributed by atoms with Crippen LogP contribution in [0.15, 0.2) is 46.8 Å². The molecule has 0 spiro atoms. The number of phenols is 1. The molecular weight excluding hydrogens is 264 g/mol. The van der Waals surface area contributed by atoms with Crippen molar-refractivity contribution >= 4 is 17.2 Å². The van der Waals surface area contributed by atoms with Gasteiger partial charge < -0.3 is 10.0 Å². The van der Waals surface area contributed by atoms with E-state index in [2.05, 4.69) is 34.0 Å². The summed E-state index contributed by atoms with van der Waals surface area (Å²) in [5, 5.41) is 18.1. The van der Waals surface area contributed by atoms with Crippen LogP contribution in [-0.2, 0) is 0 Å². The molecule has 0 atom stereocenters. The third-order valence-corrected chi connectivity index (χ3v) is 3.24. The number of pyridine rings is 1. The lowest BCUT2D eigenvalue weighted by Gasteiger charge is -2.21. The molecule has 0 unspecified atom stereocenters. The van der Waals surface area contributed by atoms with Crippen LogP contribution in [0.25, 0.3) is 0 Å². The van der Waals surface area contributed by atoms with Crippen LogP contribution < -0.4 is 4.90 Å². The minimum atomic E-state index is 0.113. The Balaban J connectivity index is 2.26. The molecule has 5 heteroatoms. The normalized spacial score (nSPS) is 11.0. The van der Waals surface area contributed by atoms with Crippen molar-refractivity contribution in [1.29, 1.82) is 0 Å². The number of hydrogen-bond acceptors (Lipinski definition) is 5. The number of aromatic nitrogens is 1. The lowest BCUT2D eigenvalue weighted by Crippen LogP contribution is -2.21. The fourth-order valence-electron chi connectivity index (χ4n) is 2.00. The highest BCUT2D eigenvalue weighted by atomic mass is 16.3. The van der Waals surface area contributed by atoms with Gasteiger partial charge in [0.15, 0.2) is 5.82 Å². The van der Waals surface area contributed by atoms with Crippen LogP contribution in [0.3, 0.4) is 0 Å². The first-order valence-corrected chi connectivity index (χ1v) is 7.06. The summed E-state index contributed by atoms with van der Waals surface area (Å²) >= 11 is 0. The second-order valence-electron chi connectivity index (χ2n) is 4.74. The third kappa shape index (κ3) is 3.78. The van der Waals surface area contributed by atoms with Crippen molar-refractivity contribution in [3.05, 3.63) is 42.1 Å². The molecule has 2 aromatic rings. The maximum atomic E-state index is 9.89. The second kappa shape index (κ2) is 6.83. The molecule has 0 saturated carbocycles. The van der Waals surface area contributed by atoms with Crippen LogP contribution in [-0.4, -0.2) is 23.2 Å². The topological polar surface area (TPSA) is 61.1 Å². The molecule has 0 aliphatic rings. The summed E-state index contributed by atoms with van der Waals surface area (Å²) in [6.45, 7) is 7.95. The number of azo groups is 1. The predicted octanol–water partition coefficient (Wildman–Crippen LogP) is 4.36. The summed E-state index contributed by atoms with van der Waals surface area (Å²) in [7, 11) is 0. The Kier molecular flexibility index (Phi) is 4.87. The number of anilines is 1. The Bertz CT molecular complexity index is 619. The highest BCUT2D eigenvalue weighted by Gasteiger charge is 2.06. The van der Waals surface area contributed by atoms with Crippen molar-refractivity contribution in [2.24, 2.45) is 10.2 Å². The minimum absolute atomic E-state index is 0.113. The monoisotopic (exact) mass is 284 g/mol. The van der Waals surface area contributed by atoms with E-state index < -0.39 is 0 Å². The van der Waals surface area contributed by atoms with E-state index in [1.165, 1.54) is 0 Å². The molecule has 2 rings (SSSR count). The van der Waals surface area contributed by atoms with E-state index in [9.17, 15) is 5.11 Å². The fraction of sp³-hybridized carbons (Fsp3) is 0.312. The van der Waals surface area contributed by atoms with E-state index in [-0.39, 0.29) is 5.75 Å². The molecule has 1 aromatic carbocycles. The van der Waals surface area contributed by atoms with E-state index >= 15 is 0 Å². The molecular formula is C16H20N4O. The predicted molar refractivity (Wildman–Crippen MR) is 84.8 cm³/mol. The Morgan fingerprint density at radius 3 is 2.48 bits per heavy atom. The van der Waals surface area contributed by atoms with Crippen molar-refractivity contribution in [1.82, 2.24) is 4.98 Å². The minimum Gasteiger partial charge on any atom is -0.506 e. The Morgan fingerprint density at radius 1 is 1.10 bits per heavy atom. The smallest absolute Gasteiger partial charge is 0.174 e. The first kappa shape index (κ1) is 15.0. The first-order valence-electron chi connectivity index (χ1n) is 7.06. The average molecular weight is 284 g/mol. The molecule has 110 valence electrons. The van der Waals surface area contributed by atoms with Gasteiger partial charge in [0.05, 0.1) is 0 Å². The maximum Gasteiger partial charge on any atom is 0.174 e. The van der Waals surface area contributed by atoms with E-state index in [1.807, 2.05) is 25.1 Å². The number of nitrogens with zero attached hydrogens (tertiary/aromatic N) is 4. The SMILES string of the molecule is CCN(CC)c1ccc(O)c(N=Nc2ccc(C)cn2)c1. The van der Waals surface area contributed by atoms with Gasteiger partial charge in [0, 0.05) is 25.0 Å². The molecule has 0 fully saturated rings. The van der Waals surface area contributed by atoms with Gasteiger partial charge in [-0.15, -0.1) is 10.2 Å². The summed E-state index contributed by atoms with van der Waals surface area (Å²) < 4.78 is 0. The van der Waals surface area contributed by atoms with E-state index in [4.69, 9.17) is 0 Å². The molecule has 1 N–H and O–H groups in total. The van der Waals surface area contributed by atoms with Gasteiger partial charge >= 0.3 is 0 Å². The zero-order valence-corrected chi connectivity index (χ0v) is 12.6. The Morgan fingerprint density at radius 2 is 1.86 bits per heavy atom. The molecule has 0 radical (unpaired) electrons. The highest BCUT2D eigenvalue weighted by Crippen LogP contribution is 2.32. The highest BCUT2D eigenvalue weighted by molar-refractivity contribution is 5.62. The van der Waals surface area contributed by atoms with Gasteiger partial charge in [-0.1, -0.05) is 6.07 Å². The molecule has 1 aromatic heterocycles. The lowest BCUT2D eigenvalue weighted by molar-refractivity contribution is 0.476. The quantitative estimate of drug-likeness (QED) is 0.830. The molecule has 0 saturated heterocycles. The molecule has 1 heterocycles. The van der Waals surface area contributed by atoms with Gasteiger partial charge in [0.25, 0.3) is 0 Å². The van der Waals surface area contributed by atoms with Gasteiger partial charge in [-0.05, 0) is 50.6 Å². The van der Waals surface area contributed by atoms with Gasteiger partial charge in [0.2, 0.25) is 0 Å². The van der Waals surface area contributed by atoms with Crippen molar-refractivity contribution in [2.45, 2.75) is 20.8 Å². The number of rotatable bonds is 5. The fourth-order valence-corrected chi connectivity index (χ4v) is 2.00. The number of hydrogen-bond donors (Lipinski definition) is 1. The molecule has 21 heavy (non-hydrogen) atoms. The average Bonchev–Trinajstić information content (AvgIpc) is 2.50.